The molecule has 2 aromatic carbocycles. The number of nitrogens with zero attached hydrogens (tertiary/aromatic N) is 2. The van der Waals surface area contributed by atoms with E-state index in [2.05, 4.69) is 10.2 Å². The van der Waals surface area contributed by atoms with Crippen molar-refractivity contribution in [1.82, 2.24) is 14.8 Å². The highest BCUT2D eigenvalue weighted by Crippen LogP contribution is 2.29. The Morgan fingerprint density at radius 2 is 1.89 bits per heavy atom. The molecule has 37 heavy (non-hydrogen) atoms. The Labute approximate surface area is 215 Å². The number of fused-ring (bicyclic) bond motifs is 1. The largest absolute Gasteiger partial charge is 0.497 e. The minimum absolute atomic E-state index is 0.0799. The third kappa shape index (κ3) is 6.47. The summed E-state index contributed by atoms with van der Waals surface area (Å²) in [7, 11) is 1.56. The number of hydrogen-bond acceptors (Lipinski definition) is 6. The monoisotopic (exact) mass is 511 g/mol. The fourth-order valence-corrected chi connectivity index (χ4v) is 4.46. The van der Waals surface area contributed by atoms with Gasteiger partial charge in [-0.1, -0.05) is 19.1 Å². The average Bonchev–Trinajstić information content (AvgIpc) is 2.92. The number of carbonyl (C=O) groups is 1. The molecule has 3 aromatic rings. The van der Waals surface area contributed by atoms with Crippen LogP contribution in [0, 0.1) is 5.82 Å². The van der Waals surface area contributed by atoms with E-state index in [-0.39, 0.29) is 23.4 Å². The molecule has 1 fully saturated rings. The smallest absolute Gasteiger partial charge is 0.239 e. The Morgan fingerprint density at radius 3 is 2.59 bits per heavy atom. The topological polar surface area (TPSA) is 82.0 Å². The van der Waals surface area contributed by atoms with E-state index in [0.29, 0.717) is 35.8 Å². The van der Waals surface area contributed by atoms with Gasteiger partial charge in [0, 0.05) is 31.4 Å². The van der Waals surface area contributed by atoms with E-state index in [1.807, 2.05) is 6.92 Å². The summed E-state index contributed by atoms with van der Waals surface area (Å²) in [5.41, 5.74) is 0.717. The SMILES string of the molecule is CCCOc1ccc(F)c2c(=O)c(-c3ccc(OC)cc3)cn(CC(=O)NCCCN3CCOCC3)c12. The van der Waals surface area contributed by atoms with E-state index < -0.39 is 11.2 Å². The number of rotatable bonds is 11. The maximum absolute atomic E-state index is 15.1. The van der Waals surface area contributed by atoms with Crippen LogP contribution in [-0.4, -0.2) is 68.5 Å². The summed E-state index contributed by atoms with van der Waals surface area (Å²) in [4.78, 5) is 28.7. The second-order valence-corrected chi connectivity index (χ2v) is 9.00. The van der Waals surface area contributed by atoms with Gasteiger partial charge in [-0.15, -0.1) is 0 Å². The molecule has 198 valence electrons. The number of nitrogens with one attached hydrogen (secondary N) is 1. The summed E-state index contributed by atoms with van der Waals surface area (Å²) in [6.07, 6.45) is 3.17. The Bertz CT molecular complexity index is 1270. The van der Waals surface area contributed by atoms with E-state index in [4.69, 9.17) is 14.2 Å². The number of aromatic nitrogens is 1. The molecule has 8 nitrogen and oxygen atoms in total. The van der Waals surface area contributed by atoms with Gasteiger partial charge in [0.25, 0.3) is 0 Å². The minimum atomic E-state index is -0.654. The van der Waals surface area contributed by atoms with Crippen molar-refractivity contribution in [3.05, 3.63) is 58.6 Å². The van der Waals surface area contributed by atoms with E-state index in [9.17, 15) is 9.59 Å². The number of halogens is 1. The Kier molecular flexibility index (Phi) is 9.14. The van der Waals surface area contributed by atoms with Gasteiger partial charge >= 0.3 is 0 Å². The lowest BCUT2D eigenvalue weighted by Crippen LogP contribution is -2.38. The van der Waals surface area contributed by atoms with Gasteiger partial charge in [-0.3, -0.25) is 14.5 Å². The standard InChI is InChI=1S/C28H34FN3O5/c1-3-15-37-24-10-9-23(29)26-27(24)32(18-22(28(26)34)20-5-7-21(35-2)8-6-20)19-25(33)30-11-4-12-31-13-16-36-17-14-31/h5-10,18H,3-4,11-17,19H2,1-2H3,(H,30,33). The highest BCUT2D eigenvalue weighted by molar-refractivity contribution is 5.90. The predicted octanol–water partition coefficient (Wildman–Crippen LogP) is 3.44. The van der Waals surface area contributed by atoms with Crippen LogP contribution in [0.15, 0.2) is 47.4 Å². The molecule has 0 saturated carbocycles. The fraction of sp³-hybridized carbons (Fsp3) is 0.429. The van der Waals surface area contributed by atoms with Gasteiger partial charge in [-0.2, -0.15) is 0 Å². The molecule has 0 atom stereocenters. The Hall–Kier alpha value is -3.43. The Morgan fingerprint density at radius 1 is 1.14 bits per heavy atom. The summed E-state index contributed by atoms with van der Waals surface area (Å²) in [5.74, 6) is 0.136. The Balaban J connectivity index is 1.63. The zero-order chi connectivity index (χ0) is 26.2. The van der Waals surface area contributed by atoms with Crippen molar-refractivity contribution in [2.24, 2.45) is 0 Å². The first-order chi connectivity index (χ1) is 18.0. The van der Waals surface area contributed by atoms with E-state index in [0.717, 1.165) is 45.7 Å². The predicted molar refractivity (Wildman–Crippen MR) is 141 cm³/mol. The molecule has 0 radical (unpaired) electrons. The molecule has 1 amide bonds. The zero-order valence-corrected chi connectivity index (χ0v) is 21.4. The fourth-order valence-electron chi connectivity index (χ4n) is 4.46. The highest BCUT2D eigenvalue weighted by atomic mass is 19.1. The zero-order valence-electron chi connectivity index (χ0n) is 21.4. The van der Waals surface area contributed by atoms with E-state index >= 15 is 4.39 Å². The van der Waals surface area contributed by atoms with Crippen molar-refractivity contribution >= 4 is 16.8 Å². The molecule has 1 aliphatic heterocycles. The van der Waals surface area contributed by atoms with E-state index in [1.54, 1.807) is 42.1 Å². The quantitative estimate of drug-likeness (QED) is 0.397. The third-order valence-electron chi connectivity index (χ3n) is 6.39. The van der Waals surface area contributed by atoms with Crippen molar-refractivity contribution < 1.29 is 23.4 Å². The lowest BCUT2D eigenvalue weighted by atomic mass is 10.0. The lowest BCUT2D eigenvalue weighted by molar-refractivity contribution is -0.121. The van der Waals surface area contributed by atoms with Crippen LogP contribution >= 0.6 is 0 Å². The maximum Gasteiger partial charge on any atom is 0.239 e. The molecule has 2 heterocycles. The third-order valence-corrected chi connectivity index (χ3v) is 6.39. The average molecular weight is 512 g/mol. The second-order valence-electron chi connectivity index (χ2n) is 9.00. The van der Waals surface area contributed by atoms with Crippen LogP contribution in [-0.2, 0) is 16.1 Å². The second kappa shape index (κ2) is 12.7. The maximum atomic E-state index is 15.1. The van der Waals surface area contributed by atoms with Gasteiger partial charge in [-0.05, 0) is 49.2 Å². The summed E-state index contributed by atoms with van der Waals surface area (Å²) in [6, 6.07) is 9.71. The van der Waals surface area contributed by atoms with Gasteiger partial charge in [0.05, 0.1) is 37.8 Å². The molecular weight excluding hydrogens is 477 g/mol. The molecule has 1 aromatic heterocycles. The van der Waals surface area contributed by atoms with Gasteiger partial charge in [0.2, 0.25) is 5.91 Å². The van der Waals surface area contributed by atoms with Crippen LogP contribution in [0.25, 0.3) is 22.0 Å². The molecule has 0 unspecified atom stereocenters. The lowest BCUT2D eigenvalue weighted by Gasteiger charge is -2.26. The molecule has 0 bridgehead atoms. The van der Waals surface area contributed by atoms with Gasteiger partial charge in [0.1, 0.15) is 23.9 Å². The summed E-state index contributed by atoms with van der Waals surface area (Å²) < 4.78 is 33.2. The number of morpholine rings is 1. The molecule has 9 heteroatoms. The van der Waals surface area contributed by atoms with Crippen molar-refractivity contribution in [2.75, 3.05) is 53.1 Å². The molecule has 0 spiro atoms. The summed E-state index contributed by atoms with van der Waals surface area (Å²) >= 11 is 0. The highest BCUT2D eigenvalue weighted by Gasteiger charge is 2.20. The van der Waals surface area contributed by atoms with Gasteiger partial charge in [-0.25, -0.2) is 4.39 Å². The first-order valence-corrected chi connectivity index (χ1v) is 12.7. The molecule has 1 N–H and O–H groups in total. The number of hydrogen-bond donors (Lipinski definition) is 1. The van der Waals surface area contributed by atoms with Gasteiger partial charge < -0.3 is 24.1 Å². The van der Waals surface area contributed by atoms with Crippen molar-refractivity contribution in [1.29, 1.82) is 0 Å². The molecule has 1 aliphatic rings. The first kappa shape index (κ1) is 26.6. The van der Waals surface area contributed by atoms with Crippen LogP contribution < -0.4 is 20.2 Å². The van der Waals surface area contributed by atoms with Crippen molar-refractivity contribution in [3.8, 4) is 22.6 Å². The van der Waals surface area contributed by atoms with Crippen molar-refractivity contribution in [3.63, 3.8) is 0 Å². The van der Waals surface area contributed by atoms with Crippen molar-refractivity contribution in [2.45, 2.75) is 26.3 Å². The van der Waals surface area contributed by atoms with Crippen LogP contribution in [0.1, 0.15) is 19.8 Å². The minimum Gasteiger partial charge on any atom is -0.497 e. The summed E-state index contributed by atoms with van der Waals surface area (Å²) in [6.45, 7) is 6.97. The van der Waals surface area contributed by atoms with Crippen LogP contribution in [0.2, 0.25) is 0 Å². The normalized spacial score (nSPS) is 14.0. The van der Waals surface area contributed by atoms with E-state index in [1.165, 1.54) is 12.1 Å². The summed E-state index contributed by atoms with van der Waals surface area (Å²) in [5, 5.41) is 2.86. The van der Waals surface area contributed by atoms with Crippen LogP contribution in [0.5, 0.6) is 11.5 Å². The number of pyridine rings is 1. The number of amides is 1. The number of benzene rings is 2. The number of methoxy groups -OCH3 is 1. The molecule has 4 rings (SSSR count). The number of ether oxygens (including phenoxy) is 3. The van der Waals surface area contributed by atoms with Crippen LogP contribution in [0.3, 0.4) is 0 Å². The van der Waals surface area contributed by atoms with Crippen LogP contribution in [0.4, 0.5) is 4.39 Å². The molecular formula is C28H34FN3O5. The molecule has 1 saturated heterocycles. The van der Waals surface area contributed by atoms with Gasteiger partial charge in [0.15, 0.2) is 5.43 Å². The number of carbonyl (C=O) groups excluding carboxylic acids is 1. The molecule has 0 aliphatic carbocycles. The first-order valence-electron chi connectivity index (χ1n) is 12.7.